The summed E-state index contributed by atoms with van der Waals surface area (Å²) in [7, 11) is 3.27. The van der Waals surface area contributed by atoms with E-state index in [1.54, 1.807) is 20.4 Å². The zero-order valence-electron chi connectivity index (χ0n) is 15.7. The Bertz CT molecular complexity index is 604. The molecule has 25 heavy (non-hydrogen) atoms. The van der Waals surface area contributed by atoms with Crippen LogP contribution >= 0.6 is 0 Å². The van der Waals surface area contributed by atoms with Gasteiger partial charge in [-0.15, -0.1) is 0 Å². The Morgan fingerprint density at radius 3 is 2.60 bits per heavy atom. The van der Waals surface area contributed by atoms with E-state index >= 15 is 0 Å². The van der Waals surface area contributed by atoms with Crippen molar-refractivity contribution in [3.63, 3.8) is 0 Å². The first-order valence-corrected chi connectivity index (χ1v) is 8.72. The summed E-state index contributed by atoms with van der Waals surface area (Å²) >= 11 is 0. The third kappa shape index (κ3) is 5.27. The van der Waals surface area contributed by atoms with Crippen molar-refractivity contribution in [2.75, 3.05) is 39.0 Å². The standard InChI is InChI=1S/C17H30N6O2/c1-17(2,11-22-7-5-6-8-22)23-10-14(19-12-23)20-16(25)13(18)9-15(24)21(3)4/h10,12-13H,5-9,11,18H2,1-4H3,(H,20,25)/t13-/m0/s1. The number of nitrogens with zero attached hydrogens (tertiary/aromatic N) is 4. The fourth-order valence-electron chi connectivity index (χ4n) is 2.97. The highest BCUT2D eigenvalue weighted by Gasteiger charge is 2.26. The van der Waals surface area contributed by atoms with Crippen LogP contribution in [0.5, 0.6) is 0 Å². The van der Waals surface area contributed by atoms with E-state index in [0.717, 1.165) is 19.6 Å². The van der Waals surface area contributed by atoms with Gasteiger partial charge in [0.05, 0.1) is 24.3 Å². The van der Waals surface area contributed by atoms with Gasteiger partial charge in [0.25, 0.3) is 0 Å². The van der Waals surface area contributed by atoms with Crippen molar-refractivity contribution in [2.24, 2.45) is 5.73 Å². The molecule has 1 fully saturated rings. The Labute approximate surface area is 149 Å². The molecule has 2 rings (SSSR count). The number of imidazole rings is 1. The average Bonchev–Trinajstić information content (AvgIpc) is 3.18. The lowest BCUT2D eigenvalue weighted by Gasteiger charge is -2.31. The smallest absolute Gasteiger partial charge is 0.243 e. The van der Waals surface area contributed by atoms with E-state index in [-0.39, 0.29) is 17.9 Å². The first-order valence-electron chi connectivity index (χ1n) is 8.72. The molecule has 3 N–H and O–H groups in total. The van der Waals surface area contributed by atoms with Gasteiger partial charge in [-0.2, -0.15) is 0 Å². The van der Waals surface area contributed by atoms with Crippen molar-refractivity contribution in [3.8, 4) is 0 Å². The molecule has 0 aromatic carbocycles. The summed E-state index contributed by atoms with van der Waals surface area (Å²) in [4.78, 5) is 31.9. The molecule has 1 saturated heterocycles. The van der Waals surface area contributed by atoms with E-state index in [1.807, 2.05) is 10.8 Å². The normalized spacial score (nSPS) is 16.7. The Morgan fingerprint density at radius 2 is 2.00 bits per heavy atom. The molecule has 8 nitrogen and oxygen atoms in total. The number of carbonyl (C=O) groups is 2. The summed E-state index contributed by atoms with van der Waals surface area (Å²) in [5, 5.41) is 2.69. The van der Waals surface area contributed by atoms with E-state index in [4.69, 9.17) is 5.73 Å². The highest BCUT2D eigenvalue weighted by atomic mass is 16.2. The van der Waals surface area contributed by atoms with Crippen LogP contribution in [0.2, 0.25) is 0 Å². The minimum atomic E-state index is -0.891. The molecule has 0 radical (unpaired) electrons. The van der Waals surface area contributed by atoms with Crippen LogP contribution in [-0.2, 0) is 15.1 Å². The van der Waals surface area contributed by atoms with Crippen LogP contribution in [0.25, 0.3) is 0 Å². The molecule has 2 amide bonds. The molecule has 0 bridgehead atoms. The van der Waals surface area contributed by atoms with Crippen LogP contribution in [0, 0.1) is 0 Å². The zero-order chi connectivity index (χ0) is 18.6. The Hall–Kier alpha value is -1.93. The zero-order valence-corrected chi connectivity index (χ0v) is 15.7. The number of amides is 2. The minimum Gasteiger partial charge on any atom is -0.349 e. The van der Waals surface area contributed by atoms with Crippen LogP contribution < -0.4 is 11.1 Å². The summed E-state index contributed by atoms with van der Waals surface area (Å²) in [6.07, 6.45) is 6.02. The Morgan fingerprint density at radius 1 is 1.36 bits per heavy atom. The summed E-state index contributed by atoms with van der Waals surface area (Å²) in [5.74, 6) is -0.134. The monoisotopic (exact) mass is 350 g/mol. The van der Waals surface area contributed by atoms with Gasteiger partial charge in [0.1, 0.15) is 0 Å². The molecule has 2 heterocycles. The molecule has 0 unspecified atom stereocenters. The number of anilines is 1. The Balaban J connectivity index is 1.93. The van der Waals surface area contributed by atoms with Crippen LogP contribution in [-0.4, -0.2) is 70.9 Å². The van der Waals surface area contributed by atoms with E-state index in [9.17, 15) is 9.59 Å². The molecule has 0 saturated carbocycles. The van der Waals surface area contributed by atoms with Gasteiger partial charge in [-0.1, -0.05) is 0 Å². The van der Waals surface area contributed by atoms with Crippen molar-refractivity contribution in [3.05, 3.63) is 12.5 Å². The van der Waals surface area contributed by atoms with Gasteiger partial charge in [-0.3, -0.25) is 9.59 Å². The second kappa shape index (κ2) is 7.97. The molecule has 1 aromatic rings. The van der Waals surface area contributed by atoms with Crippen LogP contribution in [0.15, 0.2) is 12.5 Å². The van der Waals surface area contributed by atoms with Crippen molar-refractivity contribution < 1.29 is 9.59 Å². The maximum atomic E-state index is 12.1. The largest absolute Gasteiger partial charge is 0.349 e. The number of carbonyl (C=O) groups excluding carboxylic acids is 2. The summed E-state index contributed by atoms with van der Waals surface area (Å²) < 4.78 is 2.01. The Kier molecular flexibility index (Phi) is 6.18. The van der Waals surface area contributed by atoms with Crippen LogP contribution in [0.1, 0.15) is 33.1 Å². The molecule has 140 valence electrons. The van der Waals surface area contributed by atoms with E-state index < -0.39 is 11.9 Å². The van der Waals surface area contributed by atoms with Gasteiger partial charge >= 0.3 is 0 Å². The number of rotatable bonds is 7. The number of hydrogen-bond acceptors (Lipinski definition) is 5. The molecule has 0 spiro atoms. The first-order chi connectivity index (χ1) is 11.7. The van der Waals surface area contributed by atoms with E-state index in [2.05, 4.69) is 29.0 Å². The molecular formula is C17H30N6O2. The molecule has 1 atom stereocenters. The second-order valence-electron chi connectivity index (χ2n) is 7.55. The van der Waals surface area contributed by atoms with Gasteiger partial charge in [0, 0.05) is 26.8 Å². The lowest BCUT2D eigenvalue weighted by molar-refractivity contribution is -0.131. The predicted molar refractivity (Wildman–Crippen MR) is 97.1 cm³/mol. The minimum absolute atomic E-state index is 0.0278. The van der Waals surface area contributed by atoms with E-state index in [0.29, 0.717) is 5.82 Å². The van der Waals surface area contributed by atoms with Gasteiger partial charge < -0.3 is 25.4 Å². The highest BCUT2D eigenvalue weighted by molar-refractivity contribution is 5.96. The average molecular weight is 350 g/mol. The topological polar surface area (TPSA) is 96.5 Å². The molecule has 1 aliphatic heterocycles. The predicted octanol–water partition coefficient (Wildman–Crippen LogP) is 0.458. The number of likely N-dealkylation sites (tertiary alicyclic amines) is 1. The molecule has 0 aliphatic carbocycles. The summed E-state index contributed by atoms with van der Waals surface area (Å²) in [5.41, 5.74) is 5.68. The van der Waals surface area contributed by atoms with Crippen molar-refractivity contribution in [1.29, 1.82) is 0 Å². The molecule has 1 aromatic heterocycles. The van der Waals surface area contributed by atoms with Crippen molar-refractivity contribution >= 4 is 17.6 Å². The van der Waals surface area contributed by atoms with Gasteiger partial charge in [-0.25, -0.2) is 4.98 Å². The maximum absolute atomic E-state index is 12.1. The van der Waals surface area contributed by atoms with E-state index in [1.165, 1.54) is 17.7 Å². The number of hydrogen-bond donors (Lipinski definition) is 2. The van der Waals surface area contributed by atoms with Crippen molar-refractivity contribution in [1.82, 2.24) is 19.4 Å². The number of aromatic nitrogens is 2. The van der Waals surface area contributed by atoms with Gasteiger partial charge in [0.15, 0.2) is 5.82 Å². The lowest BCUT2D eigenvalue weighted by atomic mass is 10.1. The third-order valence-corrected chi connectivity index (χ3v) is 4.57. The third-order valence-electron chi connectivity index (χ3n) is 4.57. The second-order valence-corrected chi connectivity index (χ2v) is 7.55. The quantitative estimate of drug-likeness (QED) is 0.745. The fourth-order valence-corrected chi connectivity index (χ4v) is 2.97. The number of nitrogens with two attached hydrogens (primary N) is 1. The SMILES string of the molecule is CN(C)C(=O)C[C@H](N)C(=O)Nc1cn(C(C)(C)CN2CCCC2)cn1. The van der Waals surface area contributed by atoms with Crippen LogP contribution in [0.4, 0.5) is 5.82 Å². The summed E-state index contributed by atoms with van der Waals surface area (Å²) in [6, 6.07) is -0.891. The van der Waals surface area contributed by atoms with Gasteiger partial charge in [0.2, 0.25) is 11.8 Å². The number of nitrogens with one attached hydrogen (secondary N) is 1. The fraction of sp³-hybridized carbons (Fsp3) is 0.706. The van der Waals surface area contributed by atoms with Gasteiger partial charge in [-0.05, 0) is 39.8 Å². The lowest BCUT2D eigenvalue weighted by Crippen LogP contribution is -2.40. The van der Waals surface area contributed by atoms with Crippen LogP contribution in [0.3, 0.4) is 0 Å². The first kappa shape index (κ1) is 19.4. The maximum Gasteiger partial charge on any atom is 0.243 e. The molecular weight excluding hydrogens is 320 g/mol. The summed E-state index contributed by atoms with van der Waals surface area (Å²) in [6.45, 7) is 7.51. The molecule has 1 aliphatic rings. The van der Waals surface area contributed by atoms with Crippen molar-refractivity contribution in [2.45, 2.75) is 44.7 Å². The highest BCUT2D eigenvalue weighted by Crippen LogP contribution is 2.21. The molecule has 8 heteroatoms.